The Hall–Kier alpha value is -2.29. The van der Waals surface area contributed by atoms with E-state index in [1.165, 1.54) is 5.56 Å². The van der Waals surface area contributed by atoms with Gasteiger partial charge in [0.15, 0.2) is 0 Å². The van der Waals surface area contributed by atoms with Gasteiger partial charge in [0.05, 0.1) is 5.56 Å². The van der Waals surface area contributed by atoms with E-state index >= 15 is 0 Å². The van der Waals surface area contributed by atoms with Crippen LogP contribution in [0.25, 0.3) is 0 Å². The second-order valence-electron chi connectivity index (χ2n) is 5.14. The van der Waals surface area contributed by atoms with Gasteiger partial charge in [0.2, 0.25) is 0 Å². The second kappa shape index (κ2) is 5.00. The predicted molar refractivity (Wildman–Crippen MR) is 76.3 cm³/mol. The van der Waals surface area contributed by atoms with Gasteiger partial charge in [0.25, 0.3) is 0 Å². The standard InChI is InChI=1S/C17H16O3/c1-11-4-2-5-12-8-9-15(20-16(11)12)13-6-3-7-14(10-13)17(18)19/h2-7,10,15H,8-9H2,1H3,(H,18,19). The van der Waals surface area contributed by atoms with Crippen molar-refractivity contribution in [3.63, 3.8) is 0 Å². The van der Waals surface area contributed by atoms with Crippen molar-refractivity contribution in [2.24, 2.45) is 0 Å². The molecule has 0 fully saturated rings. The molecule has 1 heterocycles. The Morgan fingerprint density at radius 3 is 2.85 bits per heavy atom. The van der Waals surface area contributed by atoms with E-state index in [-0.39, 0.29) is 6.10 Å². The zero-order valence-electron chi connectivity index (χ0n) is 11.3. The summed E-state index contributed by atoms with van der Waals surface area (Å²) in [4.78, 5) is 11.0. The molecule has 1 unspecified atom stereocenters. The molecular weight excluding hydrogens is 252 g/mol. The lowest BCUT2D eigenvalue weighted by Gasteiger charge is -2.27. The average Bonchev–Trinajstić information content (AvgIpc) is 2.47. The van der Waals surface area contributed by atoms with E-state index in [1.807, 2.05) is 25.1 Å². The number of aromatic carboxylic acids is 1. The summed E-state index contributed by atoms with van der Waals surface area (Å²) in [6.07, 6.45) is 1.77. The maximum atomic E-state index is 11.0. The van der Waals surface area contributed by atoms with Crippen LogP contribution in [-0.4, -0.2) is 11.1 Å². The topological polar surface area (TPSA) is 46.5 Å². The lowest BCUT2D eigenvalue weighted by Crippen LogP contribution is -2.16. The SMILES string of the molecule is Cc1cccc2c1OC(c1cccc(C(=O)O)c1)CC2. The number of aryl methyl sites for hydroxylation is 2. The summed E-state index contributed by atoms with van der Waals surface area (Å²) in [5.74, 6) is 0.0451. The lowest BCUT2D eigenvalue weighted by molar-refractivity contribution is 0.0696. The molecule has 3 rings (SSSR count). The summed E-state index contributed by atoms with van der Waals surface area (Å²) in [5, 5.41) is 9.07. The molecule has 2 aromatic rings. The monoisotopic (exact) mass is 268 g/mol. The Kier molecular flexibility index (Phi) is 3.18. The maximum Gasteiger partial charge on any atom is 0.335 e. The van der Waals surface area contributed by atoms with Crippen LogP contribution >= 0.6 is 0 Å². The minimum Gasteiger partial charge on any atom is -0.485 e. The van der Waals surface area contributed by atoms with Gasteiger partial charge in [-0.25, -0.2) is 4.79 Å². The first-order chi connectivity index (χ1) is 9.65. The van der Waals surface area contributed by atoms with Crippen LogP contribution < -0.4 is 4.74 Å². The Morgan fingerprint density at radius 2 is 2.05 bits per heavy atom. The van der Waals surface area contributed by atoms with E-state index in [0.29, 0.717) is 5.56 Å². The molecule has 3 heteroatoms. The van der Waals surface area contributed by atoms with Gasteiger partial charge in [-0.1, -0.05) is 30.3 Å². The van der Waals surface area contributed by atoms with E-state index in [1.54, 1.807) is 18.2 Å². The molecule has 0 aliphatic carbocycles. The first-order valence-electron chi connectivity index (χ1n) is 6.73. The molecule has 1 aliphatic rings. The molecule has 0 bridgehead atoms. The highest BCUT2D eigenvalue weighted by Gasteiger charge is 2.23. The maximum absolute atomic E-state index is 11.0. The zero-order chi connectivity index (χ0) is 14.1. The van der Waals surface area contributed by atoms with Gasteiger partial charge in [-0.3, -0.25) is 0 Å². The molecule has 2 aromatic carbocycles. The minimum atomic E-state index is -0.903. The fraction of sp³-hybridized carbons (Fsp3) is 0.235. The fourth-order valence-electron chi connectivity index (χ4n) is 2.67. The van der Waals surface area contributed by atoms with E-state index in [4.69, 9.17) is 9.84 Å². The third kappa shape index (κ3) is 2.27. The number of benzene rings is 2. The third-order valence-corrected chi connectivity index (χ3v) is 3.73. The zero-order valence-corrected chi connectivity index (χ0v) is 11.3. The van der Waals surface area contributed by atoms with Crippen molar-refractivity contribution in [2.75, 3.05) is 0 Å². The van der Waals surface area contributed by atoms with Crippen molar-refractivity contribution in [3.8, 4) is 5.75 Å². The van der Waals surface area contributed by atoms with Crippen LogP contribution in [-0.2, 0) is 6.42 Å². The highest BCUT2D eigenvalue weighted by atomic mass is 16.5. The van der Waals surface area contributed by atoms with E-state index < -0.39 is 5.97 Å². The molecule has 0 saturated carbocycles. The first-order valence-corrected chi connectivity index (χ1v) is 6.73. The fourth-order valence-corrected chi connectivity index (χ4v) is 2.67. The number of para-hydroxylation sites is 1. The smallest absolute Gasteiger partial charge is 0.335 e. The Balaban J connectivity index is 1.92. The average molecular weight is 268 g/mol. The van der Waals surface area contributed by atoms with Crippen LogP contribution in [0, 0.1) is 6.92 Å². The molecule has 0 spiro atoms. The molecular formula is C17H16O3. The van der Waals surface area contributed by atoms with Crippen molar-refractivity contribution in [2.45, 2.75) is 25.9 Å². The summed E-state index contributed by atoms with van der Waals surface area (Å²) < 4.78 is 6.09. The van der Waals surface area contributed by atoms with Gasteiger partial charge in [-0.05, 0) is 48.6 Å². The number of carbonyl (C=O) groups is 1. The minimum absolute atomic E-state index is 0.0668. The molecule has 1 N–H and O–H groups in total. The number of hydrogen-bond acceptors (Lipinski definition) is 2. The molecule has 0 amide bonds. The number of ether oxygens (including phenoxy) is 1. The van der Waals surface area contributed by atoms with Crippen LogP contribution in [0.4, 0.5) is 0 Å². The van der Waals surface area contributed by atoms with Gasteiger partial charge in [0.1, 0.15) is 11.9 Å². The highest BCUT2D eigenvalue weighted by Crippen LogP contribution is 2.37. The normalized spacial score (nSPS) is 17.1. The van der Waals surface area contributed by atoms with Gasteiger partial charge in [-0.2, -0.15) is 0 Å². The van der Waals surface area contributed by atoms with Crippen molar-refractivity contribution in [3.05, 3.63) is 64.7 Å². The van der Waals surface area contributed by atoms with Crippen molar-refractivity contribution >= 4 is 5.97 Å². The van der Waals surface area contributed by atoms with E-state index in [9.17, 15) is 4.79 Å². The second-order valence-corrected chi connectivity index (χ2v) is 5.14. The number of fused-ring (bicyclic) bond motifs is 1. The van der Waals surface area contributed by atoms with Gasteiger partial charge in [-0.15, -0.1) is 0 Å². The largest absolute Gasteiger partial charge is 0.485 e. The molecule has 1 atom stereocenters. The summed E-state index contributed by atoms with van der Waals surface area (Å²) >= 11 is 0. The van der Waals surface area contributed by atoms with Crippen molar-refractivity contribution < 1.29 is 14.6 Å². The molecule has 0 aromatic heterocycles. The predicted octanol–water partition coefficient (Wildman–Crippen LogP) is 3.76. The quantitative estimate of drug-likeness (QED) is 0.902. The molecule has 102 valence electrons. The first kappa shape index (κ1) is 12.7. The van der Waals surface area contributed by atoms with Gasteiger partial charge < -0.3 is 9.84 Å². The number of carboxylic acid groups (broad SMARTS) is 1. The number of carboxylic acids is 1. The van der Waals surface area contributed by atoms with Crippen LogP contribution in [0.1, 0.15) is 39.6 Å². The van der Waals surface area contributed by atoms with E-state index in [2.05, 4.69) is 6.07 Å². The summed E-state index contributed by atoms with van der Waals surface area (Å²) in [6, 6.07) is 13.2. The molecule has 0 radical (unpaired) electrons. The summed E-state index contributed by atoms with van der Waals surface area (Å²) in [6.45, 7) is 2.04. The van der Waals surface area contributed by atoms with Crippen LogP contribution in [0.2, 0.25) is 0 Å². The Morgan fingerprint density at radius 1 is 1.25 bits per heavy atom. The van der Waals surface area contributed by atoms with Crippen molar-refractivity contribution in [1.29, 1.82) is 0 Å². The lowest BCUT2D eigenvalue weighted by atomic mass is 9.95. The molecule has 1 aliphatic heterocycles. The Bertz CT molecular complexity index is 661. The molecule has 3 nitrogen and oxygen atoms in total. The molecule has 0 saturated heterocycles. The third-order valence-electron chi connectivity index (χ3n) is 3.73. The highest BCUT2D eigenvalue weighted by molar-refractivity contribution is 5.87. The van der Waals surface area contributed by atoms with E-state index in [0.717, 1.165) is 29.7 Å². The number of rotatable bonds is 2. The summed E-state index contributed by atoms with van der Waals surface area (Å²) in [5.41, 5.74) is 3.60. The Labute approximate surface area is 117 Å². The van der Waals surface area contributed by atoms with Gasteiger partial charge in [0, 0.05) is 0 Å². The summed E-state index contributed by atoms with van der Waals surface area (Å²) in [7, 11) is 0. The molecule has 20 heavy (non-hydrogen) atoms. The van der Waals surface area contributed by atoms with Crippen LogP contribution in [0.3, 0.4) is 0 Å². The van der Waals surface area contributed by atoms with Crippen LogP contribution in [0.15, 0.2) is 42.5 Å². The van der Waals surface area contributed by atoms with Gasteiger partial charge >= 0.3 is 5.97 Å². The van der Waals surface area contributed by atoms with Crippen molar-refractivity contribution in [1.82, 2.24) is 0 Å². The van der Waals surface area contributed by atoms with Crippen LogP contribution in [0.5, 0.6) is 5.75 Å². The number of hydrogen-bond donors (Lipinski definition) is 1.